The predicted molar refractivity (Wildman–Crippen MR) is 68.7 cm³/mol. The van der Waals surface area contributed by atoms with Gasteiger partial charge in [-0.3, -0.25) is 4.68 Å². The molecule has 0 unspecified atom stereocenters. The molecule has 2 aromatic rings. The Balaban J connectivity index is 2.09. The summed E-state index contributed by atoms with van der Waals surface area (Å²) >= 11 is 3.25. The fourth-order valence-corrected chi connectivity index (χ4v) is 1.79. The van der Waals surface area contributed by atoms with Gasteiger partial charge in [-0.1, -0.05) is 6.07 Å². The van der Waals surface area contributed by atoms with Crippen LogP contribution in [-0.4, -0.2) is 20.7 Å². The van der Waals surface area contributed by atoms with E-state index in [2.05, 4.69) is 26.0 Å². The Labute approximate surface area is 112 Å². The minimum atomic E-state index is -0.461. The first-order valence-electron chi connectivity index (χ1n) is 5.13. The quantitative estimate of drug-likeness (QED) is 0.686. The highest BCUT2D eigenvalue weighted by Crippen LogP contribution is 2.24. The van der Waals surface area contributed by atoms with Gasteiger partial charge >= 0.3 is 5.97 Å². The molecule has 18 heavy (non-hydrogen) atoms. The number of nitrogens with two attached hydrogens (primary N) is 1. The number of nitrogen functional groups attached to an aromatic ring is 1. The van der Waals surface area contributed by atoms with Crippen LogP contribution in [0, 0.1) is 0 Å². The highest BCUT2D eigenvalue weighted by Gasteiger charge is 2.14. The number of nitrogens with zero attached hydrogens (tertiary/aromatic N) is 3. The fraction of sp³-hybridized carbons (Fsp3) is 0.182. The predicted octanol–water partition coefficient (Wildman–Crippen LogP) is 1.52. The Morgan fingerprint density at radius 2 is 2.33 bits per heavy atom. The molecule has 0 saturated carbocycles. The minimum absolute atomic E-state index is 0.0660. The second kappa shape index (κ2) is 5.18. The van der Waals surface area contributed by atoms with Gasteiger partial charge in [-0.2, -0.15) is 5.10 Å². The molecule has 0 amide bonds. The van der Waals surface area contributed by atoms with Gasteiger partial charge in [0.2, 0.25) is 0 Å². The van der Waals surface area contributed by atoms with Gasteiger partial charge < -0.3 is 10.5 Å². The van der Waals surface area contributed by atoms with E-state index in [9.17, 15) is 4.79 Å². The maximum atomic E-state index is 11.9. The smallest absolute Gasteiger partial charge is 0.339 e. The van der Waals surface area contributed by atoms with Crippen molar-refractivity contribution in [2.24, 2.45) is 7.05 Å². The number of carbonyl (C=O) groups excluding carboxylic acids is 1. The summed E-state index contributed by atoms with van der Waals surface area (Å²) in [5.41, 5.74) is 6.57. The van der Waals surface area contributed by atoms with Gasteiger partial charge in [-0.05, 0) is 28.1 Å². The summed E-state index contributed by atoms with van der Waals surface area (Å²) in [5.74, 6) is 0.112. The number of aromatic nitrogens is 3. The highest BCUT2D eigenvalue weighted by molar-refractivity contribution is 9.10. The zero-order chi connectivity index (χ0) is 13.1. The van der Waals surface area contributed by atoms with Crippen LogP contribution in [0.5, 0.6) is 0 Å². The Bertz CT molecular complexity index is 582. The molecule has 0 radical (unpaired) electrons. The molecule has 1 heterocycles. The van der Waals surface area contributed by atoms with E-state index in [1.165, 1.54) is 6.33 Å². The summed E-state index contributed by atoms with van der Waals surface area (Å²) in [6.07, 6.45) is 1.40. The molecule has 7 heteroatoms. The molecule has 2 rings (SSSR count). The molecule has 0 aliphatic heterocycles. The molecule has 0 atom stereocenters. The lowest BCUT2D eigenvalue weighted by atomic mass is 10.2. The van der Waals surface area contributed by atoms with Crippen molar-refractivity contribution in [3.05, 3.63) is 40.4 Å². The van der Waals surface area contributed by atoms with E-state index < -0.39 is 5.97 Å². The second-order valence-electron chi connectivity index (χ2n) is 3.58. The molecule has 0 saturated heterocycles. The number of ether oxygens (including phenoxy) is 1. The average Bonchev–Trinajstić information content (AvgIpc) is 2.75. The van der Waals surface area contributed by atoms with Crippen molar-refractivity contribution >= 4 is 27.6 Å². The number of carbonyl (C=O) groups is 1. The maximum absolute atomic E-state index is 11.9. The third kappa shape index (κ3) is 2.51. The molecule has 6 nitrogen and oxygen atoms in total. The number of anilines is 1. The van der Waals surface area contributed by atoms with Gasteiger partial charge in [0.05, 0.1) is 10.0 Å². The lowest BCUT2D eigenvalue weighted by Gasteiger charge is -2.07. The topological polar surface area (TPSA) is 83.0 Å². The van der Waals surface area contributed by atoms with E-state index in [1.807, 2.05) is 0 Å². The lowest BCUT2D eigenvalue weighted by Crippen LogP contribution is -2.10. The summed E-state index contributed by atoms with van der Waals surface area (Å²) in [5, 5.41) is 3.88. The standard InChI is InChI=1S/C11H11BrN4O2/c1-16-9(14-6-15-16)5-18-11(17)7-3-2-4-8(13)10(7)12/h2-4,6H,5,13H2,1H3. The van der Waals surface area contributed by atoms with E-state index >= 15 is 0 Å². The molecule has 0 fully saturated rings. The monoisotopic (exact) mass is 310 g/mol. The molecular weight excluding hydrogens is 300 g/mol. The van der Waals surface area contributed by atoms with Crippen LogP contribution in [0.4, 0.5) is 5.69 Å². The Morgan fingerprint density at radius 3 is 3.00 bits per heavy atom. The van der Waals surface area contributed by atoms with Crippen molar-refractivity contribution < 1.29 is 9.53 Å². The Kier molecular flexibility index (Phi) is 3.61. The number of aryl methyl sites for hydroxylation is 1. The Hall–Kier alpha value is -1.89. The lowest BCUT2D eigenvalue weighted by molar-refractivity contribution is 0.0457. The first-order chi connectivity index (χ1) is 8.59. The van der Waals surface area contributed by atoms with Crippen LogP contribution in [0.15, 0.2) is 29.0 Å². The molecule has 0 spiro atoms. The number of hydrogen-bond donors (Lipinski definition) is 1. The third-order valence-corrected chi connectivity index (χ3v) is 3.27. The van der Waals surface area contributed by atoms with E-state index in [4.69, 9.17) is 10.5 Å². The molecule has 1 aromatic heterocycles. The SMILES string of the molecule is Cn1ncnc1COC(=O)c1cccc(N)c1Br. The summed E-state index contributed by atoms with van der Waals surface area (Å²) in [4.78, 5) is 15.8. The number of esters is 1. The number of benzene rings is 1. The van der Waals surface area contributed by atoms with Gasteiger partial charge in [-0.25, -0.2) is 9.78 Å². The van der Waals surface area contributed by atoms with Gasteiger partial charge in [0.1, 0.15) is 6.33 Å². The molecule has 94 valence electrons. The van der Waals surface area contributed by atoms with E-state index in [0.29, 0.717) is 21.5 Å². The van der Waals surface area contributed by atoms with Gasteiger partial charge in [0.15, 0.2) is 12.4 Å². The van der Waals surface area contributed by atoms with E-state index in [0.717, 1.165) is 0 Å². The van der Waals surface area contributed by atoms with Crippen molar-refractivity contribution in [3.8, 4) is 0 Å². The van der Waals surface area contributed by atoms with Gasteiger partial charge in [0, 0.05) is 12.7 Å². The zero-order valence-corrected chi connectivity index (χ0v) is 11.2. The normalized spacial score (nSPS) is 10.3. The first-order valence-corrected chi connectivity index (χ1v) is 5.93. The van der Waals surface area contributed by atoms with Crippen LogP contribution in [-0.2, 0) is 18.4 Å². The van der Waals surface area contributed by atoms with Crippen LogP contribution < -0.4 is 5.73 Å². The van der Waals surface area contributed by atoms with Gasteiger partial charge in [0.25, 0.3) is 0 Å². The van der Waals surface area contributed by atoms with Crippen LogP contribution in [0.3, 0.4) is 0 Å². The molecule has 0 bridgehead atoms. The van der Waals surface area contributed by atoms with Crippen molar-refractivity contribution in [3.63, 3.8) is 0 Å². The molecule has 1 aromatic carbocycles. The molecule has 2 N–H and O–H groups in total. The fourth-order valence-electron chi connectivity index (χ4n) is 1.37. The number of hydrogen-bond acceptors (Lipinski definition) is 5. The average molecular weight is 311 g/mol. The molecule has 0 aliphatic carbocycles. The summed E-state index contributed by atoms with van der Waals surface area (Å²) in [6.45, 7) is 0.0660. The van der Waals surface area contributed by atoms with Crippen LogP contribution >= 0.6 is 15.9 Å². The summed E-state index contributed by atoms with van der Waals surface area (Å²) < 4.78 is 7.22. The van der Waals surface area contributed by atoms with E-state index in [1.54, 1.807) is 29.9 Å². The minimum Gasteiger partial charge on any atom is -0.454 e. The van der Waals surface area contributed by atoms with Crippen molar-refractivity contribution in [1.29, 1.82) is 0 Å². The van der Waals surface area contributed by atoms with Crippen molar-refractivity contribution in [2.45, 2.75) is 6.61 Å². The molecular formula is C11H11BrN4O2. The van der Waals surface area contributed by atoms with E-state index in [-0.39, 0.29) is 6.61 Å². The summed E-state index contributed by atoms with van der Waals surface area (Å²) in [7, 11) is 1.73. The van der Waals surface area contributed by atoms with Crippen LogP contribution in [0.1, 0.15) is 16.2 Å². The van der Waals surface area contributed by atoms with Crippen molar-refractivity contribution in [1.82, 2.24) is 14.8 Å². The first kappa shape index (κ1) is 12.6. The highest BCUT2D eigenvalue weighted by atomic mass is 79.9. The molecule has 0 aliphatic rings. The Morgan fingerprint density at radius 1 is 1.56 bits per heavy atom. The maximum Gasteiger partial charge on any atom is 0.339 e. The zero-order valence-electron chi connectivity index (χ0n) is 9.63. The van der Waals surface area contributed by atoms with Crippen LogP contribution in [0.25, 0.3) is 0 Å². The van der Waals surface area contributed by atoms with Crippen LogP contribution in [0.2, 0.25) is 0 Å². The largest absolute Gasteiger partial charge is 0.454 e. The third-order valence-electron chi connectivity index (χ3n) is 2.39. The number of rotatable bonds is 3. The second-order valence-corrected chi connectivity index (χ2v) is 4.38. The summed E-state index contributed by atoms with van der Waals surface area (Å²) in [6, 6.07) is 5.03. The van der Waals surface area contributed by atoms with Crippen molar-refractivity contribution in [2.75, 3.05) is 5.73 Å². The number of halogens is 1. The van der Waals surface area contributed by atoms with Gasteiger partial charge in [-0.15, -0.1) is 0 Å².